The first-order valence-corrected chi connectivity index (χ1v) is 7.02. The second-order valence-corrected chi connectivity index (χ2v) is 5.62. The first-order chi connectivity index (χ1) is 9.47. The van der Waals surface area contributed by atoms with Crippen molar-refractivity contribution in [3.05, 3.63) is 64.2 Å². The Kier molecular flexibility index (Phi) is 4.46. The molecular formula is C17H18ClNO. The summed E-state index contributed by atoms with van der Waals surface area (Å²) >= 11 is 6.10. The zero-order valence-electron chi connectivity index (χ0n) is 11.9. The summed E-state index contributed by atoms with van der Waals surface area (Å²) in [4.78, 5) is 12.2. The number of nitrogens with one attached hydrogen (secondary N) is 1. The lowest BCUT2D eigenvalue weighted by atomic mass is 10.0. The number of amides is 1. The normalized spacial score (nSPS) is 10.7. The minimum atomic E-state index is -0.188. The Bertz CT molecular complexity index is 617. The summed E-state index contributed by atoms with van der Waals surface area (Å²) in [7, 11) is 0. The molecule has 1 N–H and O–H groups in total. The van der Waals surface area contributed by atoms with Gasteiger partial charge in [0.1, 0.15) is 0 Å². The van der Waals surface area contributed by atoms with Crippen LogP contribution in [0, 0.1) is 6.92 Å². The molecule has 1 amide bonds. The summed E-state index contributed by atoms with van der Waals surface area (Å²) in [6, 6.07) is 13.3. The molecule has 0 fully saturated rings. The lowest BCUT2D eigenvalue weighted by Crippen LogP contribution is -2.12. The van der Waals surface area contributed by atoms with Crippen LogP contribution in [-0.4, -0.2) is 5.91 Å². The van der Waals surface area contributed by atoms with Gasteiger partial charge in [0, 0.05) is 5.69 Å². The maximum atomic E-state index is 12.2. The monoisotopic (exact) mass is 287 g/mol. The van der Waals surface area contributed by atoms with Gasteiger partial charge in [0.15, 0.2) is 0 Å². The number of hydrogen-bond donors (Lipinski definition) is 1. The second-order valence-electron chi connectivity index (χ2n) is 5.21. The summed E-state index contributed by atoms with van der Waals surface area (Å²) in [5.74, 6) is 0.290. The van der Waals surface area contributed by atoms with Crippen LogP contribution in [0.4, 0.5) is 5.69 Å². The summed E-state index contributed by atoms with van der Waals surface area (Å²) in [6.45, 7) is 6.22. The lowest BCUT2D eigenvalue weighted by molar-refractivity contribution is 0.102. The fourth-order valence-electron chi connectivity index (χ4n) is 1.95. The van der Waals surface area contributed by atoms with E-state index in [0.29, 0.717) is 16.5 Å². The van der Waals surface area contributed by atoms with E-state index in [0.717, 1.165) is 11.3 Å². The molecule has 2 nitrogen and oxygen atoms in total. The molecule has 2 aromatic carbocycles. The van der Waals surface area contributed by atoms with Gasteiger partial charge in [-0.1, -0.05) is 43.6 Å². The van der Waals surface area contributed by atoms with Gasteiger partial charge >= 0.3 is 0 Å². The summed E-state index contributed by atoms with van der Waals surface area (Å²) in [5.41, 5.74) is 3.55. The molecule has 0 atom stereocenters. The molecule has 104 valence electrons. The summed E-state index contributed by atoms with van der Waals surface area (Å²) in [5, 5.41) is 3.33. The van der Waals surface area contributed by atoms with Crippen molar-refractivity contribution in [1.82, 2.24) is 0 Å². The number of hydrogen-bond acceptors (Lipinski definition) is 1. The molecule has 0 bridgehead atoms. The van der Waals surface area contributed by atoms with E-state index in [4.69, 9.17) is 11.6 Å². The van der Waals surface area contributed by atoms with Crippen LogP contribution in [0.1, 0.15) is 41.3 Å². The van der Waals surface area contributed by atoms with Gasteiger partial charge in [0.2, 0.25) is 0 Å². The van der Waals surface area contributed by atoms with Gasteiger partial charge in [0.05, 0.1) is 10.6 Å². The molecule has 0 aliphatic rings. The number of aryl methyl sites for hydroxylation is 1. The highest BCUT2D eigenvalue weighted by Gasteiger charge is 2.10. The molecule has 2 aromatic rings. The van der Waals surface area contributed by atoms with Crippen LogP contribution in [0.3, 0.4) is 0 Å². The molecule has 0 saturated heterocycles. The highest BCUT2D eigenvalue weighted by Crippen LogP contribution is 2.21. The van der Waals surface area contributed by atoms with Gasteiger partial charge in [-0.15, -0.1) is 0 Å². The Morgan fingerprint density at radius 2 is 1.75 bits per heavy atom. The third-order valence-corrected chi connectivity index (χ3v) is 3.52. The molecule has 0 heterocycles. The number of benzene rings is 2. The smallest absolute Gasteiger partial charge is 0.257 e. The average Bonchev–Trinajstić information content (AvgIpc) is 2.39. The predicted molar refractivity (Wildman–Crippen MR) is 84.7 cm³/mol. The van der Waals surface area contributed by atoms with E-state index in [1.54, 1.807) is 12.1 Å². The van der Waals surface area contributed by atoms with Crippen molar-refractivity contribution in [3.8, 4) is 0 Å². The zero-order chi connectivity index (χ0) is 14.7. The summed E-state index contributed by atoms with van der Waals surface area (Å²) < 4.78 is 0. The second kappa shape index (κ2) is 6.10. The predicted octanol–water partition coefficient (Wildman–Crippen LogP) is 5.02. The van der Waals surface area contributed by atoms with Crippen molar-refractivity contribution in [2.75, 3.05) is 5.32 Å². The molecule has 0 aliphatic carbocycles. The van der Waals surface area contributed by atoms with Gasteiger partial charge in [-0.2, -0.15) is 0 Å². The maximum Gasteiger partial charge on any atom is 0.257 e. The minimum Gasteiger partial charge on any atom is -0.322 e. The van der Waals surface area contributed by atoms with E-state index in [9.17, 15) is 4.79 Å². The van der Waals surface area contributed by atoms with Gasteiger partial charge < -0.3 is 5.32 Å². The topological polar surface area (TPSA) is 29.1 Å². The third-order valence-electron chi connectivity index (χ3n) is 3.20. The number of carbonyl (C=O) groups excluding carboxylic acids is 1. The largest absolute Gasteiger partial charge is 0.322 e. The van der Waals surface area contributed by atoms with Crippen molar-refractivity contribution in [1.29, 1.82) is 0 Å². The van der Waals surface area contributed by atoms with Crippen LogP contribution in [-0.2, 0) is 0 Å². The van der Waals surface area contributed by atoms with E-state index in [2.05, 4.69) is 19.2 Å². The van der Waals surface area contributed by atoms with Crippen LogP contribution in [0.2, 0.25) is 5.02 Å². The van der Waals surface area contributed by atoms with Gasteiger partial charge in [-0.25, -0.2) is 0 Å². The zero-order valence-corrected chi connectivity index (χ0v) is 12.7. The Hall–Kier alpha value is -1.80. The number of carbonyl (C=O) groups is 1. The van der Waals surface area contributed by atoms with Crippen LogP contribution in [0.15, 0.2) is 42.5 Å². The molecule has 0 aliphatic heterocycles. The fourth-order valence-corrected chi connectivity index (χ4v) is 2.27. The quantitative estimate of drug-likeness (QED) is 0.843. The first kappa shape index (κ1) is 14.6. The van der Waals surface area contributed by atoms with E-state index in [-0.39, 0.29) is 5.91 Å². The highest BCUT2D eigenvalue weighted by molar-refractivity contribution is 6.34. The van der Waals surface area contributed by atoms with Crippen molar-refractivity contribution in [2.45, 2.75) is 26.7 Å². The highest BCUT2D eigenvalue weighted by atomic mass is 35.5. The molecule has 0 aromatic heterocycles. The number of anilines is 1. The van der Waals surface area contributed by atoms with Crippen molar-refractivity contribution < 1.29 is 4.79 Å². The van der Waals surface area contributed by atoms with Gasteiger partial charge in [0.25, 0.3) is 5.91 Å². The van der Waals surface area contributed by atoms with E-state index >= 15 is 0 Å². The van der Waals surface area contributed by atoms with Gasteiger partial charge in [-0.05, 0) is 48.2 Å². The standard InChI is InChI=1S/C17H18ClNO/c1-11(2)13-5-7-14(8-6-13)19-17(20)15-9-4-12(3)10-16(15)18/h4-11H,1-3H3,(H,19,20). The van der Waals surface area contributed by atoms with Crippen LogP contribution < -0.4 is 5.32 Å². The molecule has 0 spiro atoms. The molecule has 3 heteroatoms. The molecule has 0 unspecified atom stereocenters. The molecule has 0 radical (unpaired) electrons. The van der Waals surface area contributed by atoms with Crippen LogP contribution >= 0.6 is 11.6 Å². The SMILES string of the molecule is Cc1ccc(C(=O)Nc2ccc(C(C)C)cc2)c(Cl)c1. The minimum absolute atomic E-state index is 0.188. The molecule has 0 saturated carbocycles. The maximum absolute atomic E-state index is 12.2. The Balaban J connectivity index is 2.15. The lowest BCUT2D eigenvalue weighted by Gasteiger charge is -2.09. The molecule has 20 heavy (non-hydrogen) atoms. The fraction of sp³-hybridized carbons (Fsp3) is 0.235. The number of halogens is 1. The van der Waals surface area contributed by atoms with E-state index < -0.39 is 0 Å². The average molecular weight is 288 g/mol. The molecule has 2 rings (SSSR count). The number of rotatable bonds is 3. The third kappa shape index (κ3) is 3.40. The van der Waals surface area contributed by atoms with Gasteiger partial charge in [-0.3, -0.25) is 4.79 Å². The van der Waals surface area contributed by atoms with Crippen molar-refractivity contribution in [2.24, 2.45) is 0 Å². The summed E-state index contributed by atoms with van der Waals surface area (Å²) in [6.07, 6.45) is 0. The Labute approximate surface area is 124 Å². The van der Waals surface area contributed by atoms with Crippen molar-refractivity contribution >= 4 is 23.2 Å². The van der Waals surface area contributed by atoms with Crippen LogP contribution in [0.25, 0.3) is 0 Å². The molecular weight excluding hydrogens is 270 g/mol. The Morgan fingerprint density at radius 1 is 1.10 bits per heavy atom. The van der Waals surface area contributed by atoms with Crippen molar-refractivity contribution in [3.63, 3.8) is 0 Å². The van der Waals surface area contributed by atoms with E-state index in [1.807, 2.05) is 37.3 Å². The Morgan fingerprint density at radius 3 is 2.30 bits per heavy atom. The first-order valence-electron chi connectivity index (χ1n) is 6.65. The van der Waals surface area contributed by atoms with E-state index in [1.165, 1.54) is 5.56 Å². The van der Waals surface area contributed by atoms with Crippen LogP contribution in [0.5, 0.6) is 0 Å².